The van der Waals surface area contributed by atoms with Crippen LogP contribution < -0.4 is 16.7 Å². The van der Waals surface area contributed by atoms with Gasteiger partial charge in [0.05, 0.1) is 18.3 Å². The first kappa shape index (κ1) is 48.2. The number of amides is 1. The molecule has 0 aliphatic carbocycles. The Morgan fingerprint density at radius 3 is 2.45 bits per heavy atom. The van der Waals surface area contributed by atoms with Crippen molar-refractivity contribution in [2.24, 2.45) is 5.41 Å². The number of ether oxygens (including phenoxy) is 7. The Morgan fingerprint density at radius 1 is 1.03 bits per heavy atom. The first-order valence-corrected chi connectivity index (χ1v) is 23.0. The summed E-state index contributed by atoms with van der Waals surface area (Å²) in [7, 11) is -1.29. The van der Waals surface area contributed by atoms with E-state index in [2.05, 4.69) is 31.8 Å². The van der Waals surface area contributed by atoms with Crippen LogP contribution in [0.3, 0.4) is 0 Å². The smallest absolute Gasteiger partial charge is 0.448 e. The topological polar surface area (TPSA) is 285 Å². The first-order valence-electron chi connectivity index (χ1n) is 17.8. The van der Waals surface area contributed by atoms with Gasteiger partial charge >= 0.3 is 37.5 Å². The number of carbonyl (C=O) groups excluding carboxylic acids is 4. The average Bonchev–Trinajstić information content (AvgIpc) is 3.84. The number of nitrogens with zero attached hydrogens (tertiary/aromatic N) is 6. The minimum Gasteiger partial charge on any atom is -0.448 e. The van der Waals surface area contributed by atoms with E-state index in [1.165, 1.54) is 69.8 Å². The maximum absolute atomic E-state index is 13.3. The second-order valence-electron chi connectivity index (χ2n) is 13.1. The van der Waals surface area contributed by atoms with Gasteiger partial charge in [-0.25, -0.2) is 34.1 Å². The predicted molar refractivity (Wildman–Crippen MR) is 219 cm³/mol. The molecule has 2 unspecified atom stereocenters. The molecule has 1 aliphatic rings. The lowest BCUT2D eigenvalue weighted by atomic mass is 9.98. The molecule has 3 N–H and O–H groups in total. The molecule has 1 saturated heterocycles. The molecule has 23 nitrogen and oxygen atoms in total. The van der Waals surface area contributed by atoms with E-state index in [0.29, 0.717) is 22.9 Å². The largest absolute Gasteiger partial charge is 0.508 e. The van der Waals surface area contributed by atoms with Gasteiger partial charge in [0.2, 0.25) is 13.6 Å². The lowest BCUT2D eigenvalue weighted by molar-refractivity contribution is -0.160. The van der Waals surface area contributed by atoms with Gasteiger partial charge in [0.25, 0.3) is 0 Å². The van der Waals surface area contributed by atoms with Gasteiger partial charge in [-0.3, -0.25) is 28.3 Å². The summed E-state index contributed by atoms with van der Waals surface area (Å²) < 4.78 is 63.2. The third-order valence-corrected chi connectivity index (χ3v) is 12.2. The summed E-state index contributed by atoms with van der Waals surface area (Å²) in [6, 6.07) is 1.49. The van der Waals surface area contributed by atoms with Crippen molar-refractivity contribution in [1.82, 2.24) is 29.1 Å². The molecule has 0 aromatic carbocycles. The number of nitrogens with two attached hydrogens (primary N) is 1. The van der Waals surface area contributed by atoms with Crippen LogP contribution >= 0.6 is 40.9 Å². The molecule has 1 aliphatic heterocycles. The van der Waals surface area contributed by atoms with Gasteiger partial charge in [-0.2, -0.15) is 4.98 Å². The molecule has 0 saturated carbocycles. The summed E-state index contributed by atoms with van der Waals surface area (Å²) in [6.45, 7) is 8.57. The highest BCUT2D eigenvalue weighted by atomic mass is 33.1. The molecule has 0 radical (unpaired) electrons. The van der Waals surface area contributed by atoms with Gasteiger partial charge in [0, 0.05) is 35.6 Å². The van der Waals surface area contributed by atoms with Crippen LogP contribution in [0.5, 0.6) is 0 Å². The fourth-order valence-corrected chi connectivity index (χ4v) is 7.97. The van der Waals surface area contributed by atoms with Gasteiger partial charge in [-0.15, -0.1) is 11.8 Å². The fourth-order valence-electron chi connectivity index (χ4n) is 4.32. The number of nitrogen functional groups attached to an aromatic ring is 1. The molecule has 3 aromatic rings. The Labute approximate surface area is 355 Å². The Bertz CT molecular complexity index is 2070. The van der Waals surface area contributed by atoms with Crippen molar-refractivity contribution >= 4 is 87.9 Å². The SMILES string of the molecule is C=C(C)C(=O)OCOP(=O)(COCCn1cnc2c(NC(=O)OCCSSCCOC(=O)OC[C@@H]3OC(n4ccc(N)nc4=O)CS3)ncnc21)OCOC(=O)C(C)(C)C. The number of thioether (sulfide) groups is 1. The van der Waals surface area contributed by atoms with Crippen molar-refractivity contribution < 1.29 is 65.9 Å². The van der Waals surface area contributed by atoms with Gasteiger partial charge in [-0.1, -0.05) is 28.2 Å². The van der Waals surface area contributed by atoms with Gasteiger partial charge in [0.1, 0.15) is 50.0 Å². The van der Waals surface area contributed by atoms with Crippen molar-refractivity contribution in [2.75, 3.05) is 74.7 Å². The lowest BCUT2D eigenvalue weighted by Gasteiger charge is -2.20. The number of hydrogen-bond donors (Lipinski definition) is 2. The van der Waals surface area contributed by atoms with E-state index >= 15 is 0 Å². The Morgan fingerprint density at radius 2 is 1.75 bits per heavy atom. The van der Waals surface area contributed by atoms with E-state index in [9.17, 15) is 28.5 Å². The van der Waals surface area contributed by atoms with Crippen LogP contribution in [0, 0.1) is 5.41 Å². The molecule has 0 bridgehead atoms. The van der Waals surface area contributed by atoms with Crippen molar-refractivity contribution in [3.8, 4) is 0 Å². The maximum atomic E-state index is 13.3. The third kappa shape index (κ3) is 15.9. The number of imidazole rings is 1. The number of fused-ring (bicyclic) bond motifs is 1. The summed E-state index contributed by atoms with van der Waals surface area (Å²) in [4.78, 5) is 76.5. The number of aromatic nitrogens is 6. The molecule has 27 heteroatoms. The zero-order chi connectivity index (χ0) is 43.7. The number of carbonyl (C=O) groups is 4. The molecule has 0 spiro atoms. The first-order chi connectivity index (χ1) is 28.5. The van der Waals surface area contributed by atoms with Crippen LogP contribution in [-0.4, -0.2) is 122 Å². The van der Waals surface area contributed by atoms with Crippen LogP contribution in [-0.2, 0) is 62.9 Å². The molecule has 1 amide bonds. The Kier molecular flexibility index (Phi) is 18.9. The summed E-state index contributed by atoms with van der Waals surface area (Å²) in [5.41, 5.74) is 4.39. The Hall–Kier alpha value is -4.43. The normalized spacial score (nSPS) is 16.1. The highest BCUT2D eigenvalue weighted by Crippen LogP contribution is 2.48. The number of hydrogen-bond acceptors (Lipinski definition) is 23. The van der Waals surface area contributed by atoms with Crippen molar-refractivity contribution in [3.05, 3.63) is 47.6 Å². The van der Waals surface area contributed by atoms with E-state index in [1.54, 1.807) is 25.3 Å². The van der Waals surface area contributed by atoms with Crippen LogP contribution in [0.2, 0.25) is 0 Å². The second kappa shape index (κ2) is 23.5. The van der Waals surface area contributed by atoms with Crippen LogP contribution in [0.15, 0.2) is 41.9 Å². The van der Waals surface area contributed by atoms with Crippen LogP contribution in [0.4, 0.5) is 21.2 Å². The molecule has 4 rings (SSSR count). The third-order valence-electron chi connectivity index (χ3n) is 7.29. The molecule has 4 heterocycles. The molecule has 330 valence electrons. The van der Waals surface area contributed by atoms with E-state index < -0.39 is 74.5 Å². The number of esters is 2. The summed E-state index contributed by atoms with van der Waals surface area (Å²) >= 11 is 1.38. The monoisotopic (exact) mass is 920 g/mol. The summed E-state index contributed by atoms with van der Waals surface area (Å²) in [6.07, 6.45) is 1.40. The summed E-state index contributed by atoms with van der Waals surface area (Å²) in [5.74, 6) is 0.189. The van der Waals surface area contributed by atoms with Crippen molar-refractivity contribution in [3.63, 3.8) is 0 Å². The molecule has 1 fully saturated rings. The minimum atomic E-state index is -4.09. The predicted octanol–water partition coefficient (Wildman–Crippen LogP) is 4.16. The molecular weight excluding hydrogens is 876 g/mol. The molecule has 3 aromatic heterocycles. The molecule has 3 atom stereocenters. The number of rotatable bonds is 23. The van der Waals surface area contributed by atoms with Crippen LogP contribution in [0.1, 0.15) is 33.9 Å². The quantitative estimate of drug-likeness (QED) is 0.0257. The van der Waals surface area contributed by atoms with E-state index in [1.807, 2.05) is 0 Å². The molecular formula is C33H45N8O15PS3. The van der Waals surface area contributed by atoms with Gasteiger partial charge in [0.15, 0.2) is 17.0 Å². The van der Waals surface area contributed by atoms with Crippen molar-refractivity contribution in [2.45, 2.75) is 45.9 Å². The number of nitrogens with one attached hydrogen (secondary N) is 1. The maximum Gasteiger partial charge on any atom is 0.508 e. The number of anilines is 2. The van der Waals surface area contributed by atoms with E-state index in [4.69, 9.17) is 47.9 Å². The zero-order valence-electron chi connectivity index (χ0n) is 33.0. The fraction of sp³-hybridized carbons (Fsp3) is 0.545. The average molecular weight is 921 g/mol. The molecule has 60 heavy (non-hydrogen) atoms. The zero-order valence-corrected chi connectivity index (χ0v) is 36.3. The highest BCUT2D eigenvalue weighted by molar-refractivity contribution is 8.76. The van der Waals surface area contributed by atoms with Gasteiger partial charge in [-0.05, 0) is 33.8 Å². The van der Waals surface area contributed by atoms with E-state index in [-0.39, 0.29) is 55.7 Å². The van der Waals surface area contributed by atoms with E-state index in [0.717, 1.165) is 0 Å². The lowest BCUT2D eigenvalue weighted by Crippen LogP contribution is -2.29. The van der Waals surface area contributed by atoms with Crippen molar-refractivity contribution in [1.29, 1.82) is 0 Å². The minimum absolute atomic E-state index is 0.0400. The Balaban J connectivity index is 1.10. The summed E-state index contributed by atoms with van der Waals surface area (Å²) in [5, 5.41) is 2.54. The van der Waals surface area contributed by atoms with Gasteiger partial charge < -0.3 is 43.5 Å². The van der Waals surface area contributed by atoms with Crippen LogP contribution in [0.25, 0.3) is 11.2 Å². The second-order valence-corrected chi connectivity index (χ2v) is 19.0. The highest BCUT2D eigenvalue weighted by Gasteiger charge is 2.31. The standard InChI is InChI=1S/C33H45N8O15PS3/c1-21(2)28(42)52-18-54-57(47,55-19-53-29(43)33(3,4)5)20-48-9-8-40-17-37-25-26(35-16-36-27(25)40)39-31(45)49-10-12-59-60-13-11-50-32(46)51-14-24-56-23(15-58-24)41-7-6-22(34)38-30(41)44/h6-7,16-17,23-24H,1,8-15,18-20H2,2-5H3,(H2,34,38,44)(H,35,36,39,45)/t23?,24-,57?/m1/s1.